The Morgan fingerprint density at radius 2 is 2.14 bits per heavy atom. The smallest absolute Gasteiger partial charge is 0.244 e. The maximum absolute atomic E-state index is 11.8. The van der Waals surface area contributed by atoms with Crippen LogP contribution in [0.2, 0.25) is 5.15 Å². The summed E-state index contributed by atoms with van der Waals surface area (Å²) in [6.07, 6.45) is 6.33. The zero-order valence-corrected chi connectivity index (χ0v) is 14.8. The Labute approximate surface area is 138 Å². The lowest BCUT2D eigenvalue weighted by Crippen LogP contribution is -2.25. The van der Waals surface area contributed by atoms with E-state index in [2.05, 4.69) is 22.2 Å². The topological polar surface area (TPSA) is 50.2 Å². The standard InChI is InChI=1S/C16H27ClN4O/c1-5-6-12-21-16(17)14(13(2)19-21)8-9-15(22)18-10-7-11-20(3)4/h8-9H,5-7,10-12H2,1-4H3,(H,18,22). The fourth-order valence-electron chi connectivity index (χ4n) is 2.04. The Hall–Kier alpha value is -1.33. The molecule has 1 N–H and O–H groups in total. The van der Waals surface area contributed by atoms with Gasteiger partial charge in [0.15, 0.2) is 0 Å². The highest BCUT2D eigenvalue weighted by Crippen LogP contribution is 2.21. The Kier molecular flexibility index (Phi) is 8.20. The van der Waals surface area contributed by atoms with Crippen LogP contribution in [-0.4, -0.2) is 47.8 Å². The molecule has 1 heterocycles. The third kappa shape index (κ3) is 6.20. The molecule has 6 heteroatoms. The van der Waals surface area contributed by atoms with Gasteiger partial charge in [0.05, 0.1) is 5.69 Å². The van der Waals surface area contributed by atoms with Gasteiger partial charge >= 0.3 is 0 Å². The Balaban J connectivity index is 2.54. The van der Waals surface area contributed by atoms with Crippen LogP contribution in [0.3, 0.4) is 0 Å². The van der Waals surface area contributed by atoms with Crippen molar-refractivity contribution in [2.45, 2.75) is 39.7 Å². The number of rotatable bonds is 9. The van der Waals surface area contributed by atoms with Gasteiger partial charge < -0.3 is 10.2 Å². The maximum Gasteiger partial charge on any atom is 0.244 e. The number of halogens is 1. The molecule has 22 heavy (non-hydrogen) atoms. The van der Waals surface area contributed by atoms with Gasteiger partial charge in [0.25, 0.3) is 0 Å². The first-order valence-electron chi connectivity index (χ1n) is 7.79. The molecule has 0 aromatic carbocycles. The second-order valence-corrected chi connectivity index (χ2v) is 6.01. The highest BCUT2D eigenvalue weighted by molar-refractivity contribution is 6.31. The summed E-state index contributed by atoms with van der Waals surface area (Å²) in [5.41, 5.74) is 1.67. The van der Waals surface area contributed by atoms with E-state index < -0.39 is 0 Å². The first kappa shape index (κ1) is 18.7. The van der Waals surface area contributed by atoms with Crippen LogP contribution in [0.1, 0.15) is 37.4 Å². The summed E-state index contributed by atoms with van der Waals surface area (Å²) < 4.78 is 1.80. The molecule has 124 valence electrons. The van der Waals surface area contributed by atoms with Crippen molar-refractivity contribution in [3.8, 4) is 0 Å². The van der Waals surface area contributed by atoms with Crippen LogP contribution in [0.25, 0.3) is 6.08 Å². The van der Waals surface area contributed by atoms with E-state index >= 15 is 0 Å². The number of nitrogens with one attached hydrogen (secondary N) is 1. The van der Waals surface area contributed by atoms with Crippen LogP contribution < -0.4 is 5.32 Å². The summed E-state index contributed by atoms with van der Waals surface area (Å²) in [6.45, 7) is 6.47. The molecule has 0 spiro atoms. The molecular weight excluding hydrogens is 300 g/mol. The van der Waals surface area contributed by atoms with E-state index in [1.54, 1.807) is 10.8 Å². The molecule has 1 rings (SSSR count). The van der Waals surface area contributed by atoms with E-state index in [1.807, 2.05) is 21.0 Å². The monoisotopic (exact) mass is 326 g/mol. The molecule has 1 aromatic heterocycles. The average Bonchev–Trinajstić information content (AvgIpc) is 2.73. The molecule has 0 saturated carbocycles. The van der Waals surface area contributed by atoms with Crippen LogP contribution in [0.4, 0.5) is 0 Å². The van der Waals surface area contributed by atoms with E-state index in [0.717, 1.165) is 43.6 Å². The van der Waals surface area contributed by atoms with E-state index in [4.69, 9.17) is 11.6 Å². The zero-order chi connectivity index (χ0) is 16.5. The van der Waals surface area contributed by atoms with E-state index in [-0.39, 0.29) is 5.91 Å². The summed E-state index contributed by atoms with van der Waals surface area (Å²) >= 11 is 6.32. The number of hydrogen-bond acceptors (Lipinski definition) is 3. The van der Waals surface area contributed by atoms with Crippen molar-refractivity contribution >= 4 is 23.6 Å². The lowest BCUT2D eigenvalue weighted by molar-refractivity contribution is -0.116. The van der Waals surface area contributed by atoms with Gasteiger partial charge in [-0.25, -0.2) is 0 Å². The molecule has 5 nitrogen and oxygen atoms in total. The molecule has 1 aromatic rings. The summed E-state index contributed by atoms with van der Waals surface area (Å²) in [6, 6.07) is 0. The normalized spacial score (nSPS) is 11.5. The lowest BCUT2D eigenvalue weighted by Gasteiger charge is -2.08. The van der Waals surface area contributed by atoms with Gasteiger partial charge in [0, 0.05) is 24.7 Å². The number of carbonyl (C=O) groups is 1. The van der Waals surface area contributed by atoms with Crippen molar-refractivity contribution in [2.75, 3.05) is 27.2 Å². The molecular formula is C16H27ClN4O. The molecule has 0 atom stereocenters. The van der Waals surface area contributed by atoms with E-state index in [0.29, 0.717) is 11.7 Å². The number of aryl methyl sites for hydroxylation is 2. The van der Waals surface area contributed by atoms with Crippen molar-refractivity contribution < 1.29 is 4.79 Å². The fraction of sp³-hybridized carbons (Fsp3) is 0.625. The van der Waals surface area contributed by atoms with Crippen LogP contribution in [0, 0.1) is 6.92 Å². The quantitative estimate of drug-likeness (QED) is 0.561. The van der Waals surface area contributed by atoms with E-state index in [1.165, 1.54) is 6.08 Å². The zero-order valence-electron chi connectivity index (χ0n) is 14.0. The van der Waals surface area contributed by atoms with Crippen LogP contribution in [0.15, 0.2) is 6.08 Å². The molecule has 0 saturated heterocycles. The summed E-state index contributed by atoms with van der Waals surface area (Å²) in [5, 5.41) is 7.88. The number of aromatic nitrogens is 2. The SMILES string of the molecule is CCCCn1nc(C)c(C=CC(=O)NCCCN(C)C)c1Cl. The predicted octanol–water partition coefficient (Wildman–Crippen LogP) is 2.73. The van der Waals surface area contributed by atoms with Gasteiger partial charge in [-0.1, -0.05) is 24.9 Å². The fourth-order valence-corrected chi connectivity index (χ4v) is 2.36. The third-order valence-corrected chi connectivity index (χ3v) is 3.71. The van der Waals surface area contributed by atoms with Crippen molar-refractivity contribution in [3.63, 3.8) is 0 Å². The molecule has 0 aliphatic heterocycles. The first-order chi connectivity index (χ1) is 10.5. The van der Waals surface area contributed by atoms with Gasteiger partial charge in [0.2, 0.25) is 5.91 Å². The second-order valence-electron chi connectivity index (χ2n) is 5.65. The van der Waals surface area contributed by atoms with Crippen LogP contribution >= 0.6 is 11.6 Å². The second kappa shape index (κ2) is 9.64. The first-order valence-corrected chi connectivity index (χ1v) is 8.17. The molecule has 1 amide bonds. The van der Waals surface area contributed by atoms with Crippen LogP contribution in [-0.2, 0) is 11.3 Å². The molecule has 0 radical (unpaired) electrons. The largest absolute Gasteiger partial charge is 0.353 e. The molecule has 0 aliphatic carbocycles. The predicted molar refractivity (Wildman–Crippen MR) is 92.1 cm³/mol. The summed E-state index contributed by atoms with van der Waals surface area (Å²) in [7, 11) is 4.03. The number of unbranched alkanes of at least 4 members (excludes halogenated alkanes) is 1. The number of nitrogens with zero attached hydrogens (tertiary/aromatic N) is 3. The lowest BCUT2D eigenvalue weighted by atomic mass is 10.2. The van der Waals surface area contributed by atoms with Gasteiger partial charge in [0.1, 0.15) is 5.15 Å². The van der Waals surface area contributed by atoms with Crippen molar-refractivity contribution in [1.29, 1.82) is 0 Å². The van der Waals surface area contributed by atoms with Crippen molar-refractivity contribution in [1.82, 2.24) is 20.0 Å². The minimum atomic E-state index is -0.101. The molecule has 0 bridgehead atoms. The maximum atomic E-state index is 11.8. The summed E-state index contributed by atoms with van der Waals surface area (Å²) in [4.78, 5) is 13.9. The highest BCUT2D eigenvalue weighted by Gasteiger charge is 2.10. The van der Waals surface area contributed by atoms with Crippen molar-refractivity contribution in [2.24, 2.45) is 0 Å². The van der Waals surface area contributed by atoms with Gasteiger partial charge in [-0.2, -0.15) is 5.10 Å². The average molecular weight is 327 g/mol. The molecule has 0 unspecified atom stereocenters. The number of carbonyl (C=O) groups excluding carboxylic acids is 1. The Morgan fingerprint density at radius 1 is 1.41 bits per heavy atom. The number of amides is 1. The molecule has 0 fully saturated rings. The minimum Gasteiger partial charge on any atom is -0.353 e. The van der Waals surface area contributed by atoms with Gasteiger partial charge in [-0.05, 0) is 46.5 Å². The Morgan fingerprint density at radius 3 is 2.77 bits per heavy atom. The van der Waals surface area contributed by atoms with Crippen LogP contribution in [0.5, 0.6) is 0 Å². The third-order valence-electron chi connectivity index (χ3n) is 3.32. The highest BCUT2D eigenvalue weighted by atomic mass is 35.5. The molecule has 0 aliphatic rings. The van der Waals surface area contributed by atoms with Gasteiger partial charge in [-0.15, -0.1) is 0 Å². The van der Waals surface area contributed by atoms with Gasteiger partial charge in [-0.3, -0.25) is 9.48 Å². The number of hydrogen-bond donors (Lipinski definition) is 1. The van der Waals surface area contributed by atoms with E-state index in [9.17, 15) is 4.79 Å². The van der Waals surface area contributed by atoms with Crippen molar-refractivity contribution in [3.05, 3.63) is 22.5 Å². The summed E-state index contributed by atoms with van der Waals surface area (Å²) in [5.74, 6) is -0.101. The Bertz CT molecular complexity index is 508. The minimum absolute atomic E-state index is 0.101.